The van der Waals surface area contributed by atoms with Crippen LogP contribution < -0.4 is 10.6 Å². The summed E-state index contributed by atoms with van der Waals surface area (Å²) in [5, 5.41) is 23.9. The second-order valence-electron chi connectivity index (χ2n) is 12.4. The van der Waals surface area contributed by atoms with Gasteiger partial charge in [0.25, 0.3) is 0 Å². The molecule has 2 N–H and O–H groups in total. The quantitative estimate of drug-likeness (QED) is 0.115. The molecule has 2 amide bonds. The molecule has 46 heavy (non-hydrogen) atoms. The molecule has 2 heterocycles. The molecular formula is C35H42N6O4S. The van der Waals surface area contributed by atoms with Crippen LogP contribution in [0.25, 0.3) is 0 Å². The normalized spacial score (nSPS) is 12.6. The molecule has 0 aliphatic carbocycles. The number of rotatable bonds is 14. The lowest BCUT2D eigenvalue weighted by Gasteiger charge is -2.21. The number of carbonyl (C=O) groups excluding carboxylic acids is 3. The van der Waals surface area contributed by atoms with Gasteiger partial charge in [-0.15, -0.1) is 15.3 Å². The Morgan fingerprint density at radius 3 is 2.28 bits per heavy atom. The predicted octanol–water partition coefficient (Wildman–Crippen LogP) is 6.65. The van der Waals surface area contributed by atoms with Gasteiger partial charge >= 0.3 is 5.97 Å². The first-order valence-electron chi connectivity index (χ1n) is 15.6. The summed E-state index contributed by atoms with van der Waals surface area (Å²) in [4.78, 5) is 37.5. The number of nitrogens with zero attached hydrogens (tertiary/aromatic N) is 4. The van der Waals surface area contributed by atoms with E-state index < -0.39 is 5.60 Å². The molecule has 10 nitrogen and oxygen atoms in total. The fourth-order valence-corrected chi connectivity index (χ4v) is 5.57. The maximum atomic E-state index is 12.7. The zero-order valence-corrected chi connectivity index (χ0v) is 27.9. The van der Waals surface area contributed by atoms with Crippen LogP contribution in [0.4, 0.5) is 10.9 Å². The first kappa shape index (κ1) is 34.4. The maximum Gasteiger partial charge on any atom is 0.306 e. The van der Waals surface area contributed by atoms with E-state index in [2.05, 4.69) is 31.0 Å². The lowest BCUT2D eigenvalue weighted by atomic mass is 9.95. The molecule has 0 saturated heterocycles. The van der Waals surface area contributed by atoms with Crippen LogP contribution in [0.2, 0.25) is 0 Å². The summed E-state index contributed by atoms with van der Waals surface area (Å²) in [6.07, 6.45) is 3.72. The van der Waals surface area contributed by atoms with Crippen LogP contribution in [-0.2, 0) is 38.4 Å². The number of aryl methyl sites for hydroxylation is 2. The fourth-order valence-electron chi connectivity index (χ4n) is 4.79. The molecule has 2 atom stereocenters. The number of hydrogen-bond acceptors (Lipinski definition) is 9. The van der Waals surface area contributed by atoms with Crippen molar-refractivity contribution in [3.63, 3.8) is 0 Å². The number of ether oxygens (including phenoxy) is 1. The van der Waals surface area contributed by atoms with Gasteiger partial charge < -0.3 is 15.4 Å². The molecule has 0 fully saturated rings. The van der Waals surface area contributed by atoms with E-state index >= 15 is 0 Å². The Morgan fingerprint density at radius 1 is 0.826 bits per heavy atom. The molecule has 4 rings (SSSR count). The van der Waals surface area contributed by atoms with E-state index in [1.165, 1.54) is 11.3 Å². The third kappa shape index (κ3) is 11.1. The summed E-state index contributed by atoms with van der Waals surface area (Å²) in [7, 11) is 0. The van der Waals surface area contributed by atoms with Crippen molar-refractivity contribution >= 4 is 40.1 Å². The number of carbonyl (C=O) groups is 3. The van der Waals surface area contributed by atoms with Gasteiger partial charge in [-0.2, -0.15) is 5.10 Å². The Morgan fingerprint density at radius 2 is 1.57 bits per heavy atom. The highest BCUT2D eigenvalue weighted by Crippen LogP contribution is 2.23. The molecule has 2 aromatic heterocycles. The fraction of sp³-hybridized carbons (Fsp3) is 0.400. The monoisotopic (exact) mass is 642 g/mol. The number of anilines is 2. The van der Waals surface area contributed by atoms with E-state index in [0.717, 1.165) is 53.1 Å². The summed E-state index contributed by atoms with van der Waals surface area (Å²) in [5.74, 6) is -0.461. The Kier molecular flexibility index (Phi) is 12.1. The number of amides is 2. The Hall–Kier alpha value is -4.51. The topological polar surface area (TPSA) is 136 Å². The van der Waals surface area contributed by atoms with Crippen LogP contribution >= 0.6 is 11.3 Å². The molecule has 0 spiro atoms. The van der Waals surface area contributed by atoms with Crippen molar-refractivity contribution in [3.05, 3.63) is 94.1 Å². The van der Waals surface area contributed by atoms with E-state index in [1.54, 1.807) is 6.07 Å². The zero-order valence-electron chi connectivity index (χ0n) is 27.1. The minimum absolute atomic E-state index is 0.0336. The largest absolute Gasteiger partial charge is 0.460 e. The van der Waals surface area contributed by atoms with Crippen molar-refractivity contribution < 1.29 is 19.1 Å². The second-order valence-corrected chi connectivity index (χ2v) is 13.5. The first-order valence-corrected chi connectivity index (χ1v) is 16.4. The summed E-state index contributed by atoms with van der Waals surface area (Å²) in [6, 6.07) is 21.0. The number of nitrogens with one attached hydrogen (secondary N) is 2. The molecule has 2 unspecified atom stereocenters. The van der Waals surface area contributed by atoms with Gasteiger partial charge in [0.05, 0.1) is 24.5 Å². The van der Waals surface area contributed by atoms with Crippen LogP contribution in [0, 0.1) is 0 Å². The number of unbranched alkanes of at least 4 members (excludes halogenated alkanes) is 1. The highest BCUT2D eigenvalue weighted by molar-refractivity contribution is 7.15. The highest BCUT2D eigenvalue weighted by Gasteiger charge is 2.20. The molecule has 2 aromatic carbocycles. The van der Waals surface area contributed by atoms with E-state index in [1.807, 2.05) is 95.3 Å². The molecule has 0 aliphatic heterocycles. The van der Waals surface area contributed by atoms with Crippen LogP contribution in [0.15, 0.2) is 66.7 Å². The average Bonchev–Trinajstić information content (AvgIpc) is 3.46. The smallest absolute Gasteiger partial charge is 0.306 e. The van der Waals surface area contributed by atoms with Gasteiger partial charge in [-0.25, -0.2) is 0 Å². The van der Waals surface area contributed by atoms with E-state index in [4.69, 9.17) is 4.74 Å². The minimum Gasteiger partial charge on any atom is -0.460 e. The van der Waals surface area contributed by atoms with Crippen molar-refractivity contribution in [2.24, 2.45) is 0 Å². The molecule has 11 heteroatoms. The minimum atomic E-state index is -0.521. The number of aromatic nitrogens is 4. The summed E-state index contributed by atoms with van der Waals surface area (Å²) < 4.78 is 5.44. The van der Waals surface area contributed by atoms with Crippen LogP contribution in [-0.4, -0.2) is 43.8 Å². The second kappa shape index (κ2) is 16.2. The van der Waals surface area contributed by atoms with Crippen LogP contribution in [0.5, 0.6) is 0 Å². The van der Waals surface area contributed by atoms with Gasteiger partial charge in [0, 0.05) is 6.42 Å². The van der Waals surface area contributed by atoms with Gasteiger partial charge in [-0.05, 0) is 81.7 Å². The zero-order chi connectivity index (χ0) is 33.1. The SMILES string of the molecule is CC(CC(=O)OC(C)(C)C)c1cccc(CC(=O)Nc2ccc(CCCCc3nnc(NC(=O)C(C)c4ccccc4)s3)nn2)c1. The van der Waals surface area contributed by atoms with Gasteiger partial charge in [-0.3, -0.25) is 14.4 Å². The van der Waals surface area contributed by atoms with Crippen molar-refractivity contribution in [1.82, 2.24) is 20.4 Å². The van der Waals surface area contributed by atoms with Gasteiger partial charge in [0.1, 0.15) is 10.6 Å². The number of esters is 1. The molecule has 0 saturated carbocycles. The average molecular weight is 643 g/mol. The lowest BCUT2D eigenvalue weighted by molar-refractivity contribution is -0.155. The van der Waals surface area contributed by atoms with Gasteiger partial charge in [0.2, 0.25) is 16.9 Å². The molecule has 0 bridgehead atoms. The molecule has 0 aliphatic rings. The predicted molar refractivity (Wildman–Crippen MR) is 180 cm³/mol. The molecule has 242 valence electrons. The summed E-state index contributed by atoms with van der Waals surface area (Å²) in [5.41, 5.74) is 3.10. The molecule has 0 radical (unpaired) electrons. The van der Waals surface area contributed by atoms with Crippen molar-refractivity contribution in [1.29, 1.82) is 0 Å². The third-order valence-corrected chi connectivity index (χ3v) is 8.13. The van der Waals surface area contributed by atoms with Gasteiger partial charge in [-0.1, -0.05) is 72.9 Å². The summed E-state index contributed by atoms with van der Waals surface area (Å²) in [6.45, 7) is 9.40. The maximum absolute atomic E-state index is 12.7. The number of hydrogen-bond donors (Lipinski definition) is 2. The third-order valence-electron chi connectivity index (χ3n) is 7.23. The van der Waals surface area contributed by atoms with Crippen molar-refractivity contribution in [2.75, 3.05) is 10.6 Å². The van der Waals surface area contributed by atoms with E-state index in [9.17, 15) is 14.4 Å². The molecular weight excluding hydrogens is 600 g/mol. The van der Waals surface area contributed by atoms with E-state index in [-0.39, 0.29) is 42.5 Å². The van der Waals surface area contributed by atoms with Crippen molar-refractivity contribution in [3.8, 4) is 0 Å². The van der Waals surface area contributed by atoms with E-state index in [0.29, 0.717) is 10.9 Å². The van der Waals surface area contributed by atoms with Crippen LogP contribution in [0.1, 0.15) is 93.1 Å². The lowest BCUT2D eigenvalue weighted by Crippen LogP contribution is -2.24. The standard InChI is InChI=1S/C35H42N6O4S/c1-23(20-32(43)45-35(3,4)5)27-15-11-12-25(21-27)22-30(42)36-29-19-18-28(38-39-29)16-9-10-17-31-40-41-34(46-31)37-33(44)24(2)26-13-7-6-8-14-26/h6-8,11-15,18-19,21,23-24H,9-10,16-17,20,22H2,1-5H3,(H,36,39,42)(H,37,41,44). The first-order chi connectivity index (χ1) is 21.9. The molecule has 4 aromatic rings. The Bertz CT molecular complexity index is 1600. The van der Waals surface area contributed by atoms with Gasteiger partial charge in [0.15, 0.2) is 5.82 Å². The van der Waals surface area contributed by atoms with Crippen molar-refractivity contribution in [2.45, 2.75) is 90.6 Å². The number of benzene rings is 2. The van der Waals surface area contributed by atoms with Crippen LogP contribution in [0.3, 0.4) is 0 Å². The summed E-state index contributed by atoms with van der Waals surface area (Å²) >= 11 is 1.39. The Labute approximate surface area is 274 Å². The Balaban J connectivity index is 1.17. The highest BCUT2D eigenvalue weighted by atomic mass is 32.1.